The molecule has 3 N–H and O–H groups in total. The van der Waals surface area contributed by atoms with E-state index in [-0.39, 0.29) is 0 Å². The van der Waals surface area contributed by atoms with Crippen LogP contribution in [0.5, 0.6) is 0 Å². The van der Waals surface area contributed by atoms with Crippen LogP contribution in [0.4, 0.5) is 5.69 Å². The van der Waals surface area contributed by atoms with Gasteiger partial charge in [0, 0.05) is 24.2 Å². The summed E-state index contributed by atoms with van der Waals surface area (Å²) in [6, 6.07) is 5.87. The molecule has 6 heteroatoms. The third-order valence-corrected chi connectivity index (χ3v) is 2.97. The molecule has 0 saturated heterocycles. The molecule has 100 valence electrons. The maximum absolute atomic E-state index is 5.72. The van der Waals surface area contributed by atoms with E-state index in [0.717, 1.165) is 16.8 Å². The lowest BCUT2D eigenvalue weighted by Gasteiger charge is -2.13. The number of rotatable bonds is 5. The number of aromatic nitrogens is 2. The van der Waals surface area contributed by atoms with Crippen molar-refractivity contribution in [1.29, 1.82) is 0 Å². The van der Waals surface area contributed by atoms with Crippen LogP contribution in [-0.2, 0) is 6.42 Å². The molecule has 2 aromatic rings. The Labute approximate surface area is 117 Å². The Hall–Kier alpha value is -1.95. The first-order valence-corrected chi connectivity index (χ1v) is 6.41. The molecule has 0 unspecified atom stereocenters. The van der Waals surface area contributed by atoms with Crippen LogP contribution in [0.15, 0.2) is 22.7 Å². The molecule has 2 rings (SSSR count). The third-order valence-electron chi connectivity index (χ3n) is 2.75. The highest BCUT2D eigenvalue weighted by molar-refractivity contribution is 7.80. The van der Waals surface area contributed by atoms with Crippen LogP contribution in [0.2, 0.25) is 0 Å². The Morgan fingerprint density at radius 1 is 1.42 bits per heavy atom. The second kappa shape index (κ2) is 5.79. The highest BCUT2D eigenvalue weighted by Gasteiger charge is 2.08. The lowest BCUT2D eigenvalue weighted by Crippen LogP contribution is -2.15. The molecule has 5 nitrogen and oxygen atoms in total. The van der Waals surface area contributed by atoms with Gasteiger partial charge in [0.2, 0.25) is 5.89 Å². The van der Waals surface area contributed by atoms with Crippen LogP contribution in [0.25, 0.3) is 0 Å². The average Bonchev–Trinajstić information content (AvgIpc) is 2.77. The zero-order valence-electron chi connectivity index (χ0n) is 10.9. The first-order valence-electron chi connectivity index (χ1n) is 6.00. The molecular formula is C13H16N4OS. The Balaban J connectivity index is 2.05. The van der Waals surface area contributed by atoms with Crippen molar-refractivity contribution in [3.63, 3.8) is 0 Å². The molecule has 1 aromatic heterocycles. The Morgan fingerprint density at radius 2 is 2.21 bits per heavy atom. The highest BCUT2D eigenvalue weighted by atomic mass is 32.1. The van der Waals surface area contributed by atoms with Gasteiger partial charge in [-0.3, -0.25) is 0 Å². The molecule has 1 heterocycles. The molecule has 0 radical (unpaired) electrons. The van der Waals surface area contributed by atoms with E-state index in [1.54, 1.807) is 6.92 Å². The standard InChI is InChI=1S/C13H16N4OS/c1-8-4-3-5-10(13(14)19)12(8)15-7-6-11-16-9(2)17-18-11/h3-5,15H,6-7H2,1-2H3,(H2,14,19). The lowest BCUT2D eigenvalue weighted by atomic mass is 10.1. The van der Waals surface area contributed by atoms with Crippen LogP contribution in [0.1, 0.15) is 22.8 Å². The number of nitrogens with zero attached hydrogens (tertiary/aromatic N) is 2. The number of hydrogen-bond acceptors (Lipinski definition) is 5. The molecule has 0 aliphatic rings. The molecule has 19 heavy (non-hydrogen) atoms. The molecule has 0 aliphatic carbocycles. The van der Waals surface area contributed by atoms with Crippen LogP contribution >= 0.6 is 12.2 Å². The van der Waals surface area contributed by atoms with Gasteiger partial charge in [-0.1, -0.05) is 29.5 Å². The summed E-state index contributed by atoms with van der Waals surface area (Å²) in [5.41, 5.74) is 8.65. The van der Waals surface area contributed by atoms with E-state index >= 15 is 0 Å². The van der Waals surface area contributed by atoms with Gasteiger partial charge in [-0.2, -0.15) is 4.98 Å². The monoisotopic (exact) mass is 276 g/mol. The smallest absolute Gasteiger partial charge is 0.228 e. The quantitative estimate of drug-likeness (QED) is 0.813. The molecule has 1 aromatic carbocycles. The van der Waals surface area contributed by atoms with Gasteiger partial charge in [0.25, 0.3) is 0 Å². The Kier molecular flexibility index (Phi) is 4.11. The van der Waals surface area contributed by atoms with Gasteiger partial charge in [0.1, 0.15) is 4.99 Å². The van der Waals surface area contributed by atoms with Crippen molar-refractivity contribution in [2.24, 2.45) is 5.73 Å². The number of thiocarbonyl (C=S) groups is 1. The minimum absolute atomic E-state index is 0.389. The summed E-state index contributed by atoms with van der Waals surface area (Å²) in [6.45, 7) is 4.50. The largest absolute Gasteiger partial charge is 0.389 e. The van der Waals surface area contributed by atoms with E-state index in [1.807, 2.05) is 25.1 Å². The van der Waals surface area contributed by atoms with E-state index in [2.05, 4.69) is 15.5 Å². The van der Waals surface area contributed by atoms with Gasteiger partial charge in [0.05, 0.1) is 0 Å². The first kappa shape index (κ1) is 13.5. The van der Waals surface area contributed by atoms with E-state index < -0.39 is 0 Å². The molecular weight excluding hydrogens is 260 g/mol. The predicted octanol–water partition coefficient (Wildman–Crippen LogP) is 1.98. The summed E-state index contributed by atoms with van der Waals surface area (Å²) in [5, 5.41) is 7.08. The Morgan fingerprint density at radius 3 is 2.84 bits per heavy atom. The van der Waals surface area contributed by atoms with Gasteiger partial charge in [-0.15, -0.1) is 0 Å². The van der Waals surface area contributed by atoms with E-state index in [1.165, 1.54) is 0 Å². The summed E-state index contributed by atoms with van der Waals surface area (Å²) < 4.78 is 5.06. The maximum atomic E-state index is 5.72. The second-order valence-electron chi connectivity index (χ2n) is 4.27. The number of anilines is 1. The second-order valence-corrected chi connectivity index (χ2v) is 4.71. The fourth-order valence-corrected chi connectivity index (χ4v) is 2.01. The van der Waals surface area contributed by atoms with Crippen molar-refractivity contribution in [1.82, 2.24) is 10.1 Å². The third kappa shape index (κ3) is 3.29. The molecule has 0 aliphatic heterocycles. The molecule has 0 bridgehead atoms. The zero-order valence-corrected chi connectivity index (χ0v) is 11.8. The van der Waals surface area contributed by atoms with Crippen LogP contribution in [0.3, 0.4) is 0 Å². The van der Waals surface area contributed by atoms with E-state index in [4.69, 9.17) is 22.5 Å². The normalized spacial score (nSPS) is 10.4. The number of nitrogens with one attached hydrogen (secondary N) is 1. The number of para-hydroxylation sites is 1. The predicted molar refractivity (Wildman–Crippen MR) is 78.3 cm³/mol. The van der Waals surface area contributed by atoms with Crippen molar-refractivity contribution in [3.8, 4) is 0 Å². The molecule has 0 amide bonds. The SMILES string of the molecule is Cc1noc(CCNc2c(C)cccc2C(N)=S)n1. The minimum Gasteiger partial charge on any atom is -0.389 e. The number of aryl methyl sites for hydroxylation is 2. The number of hydrogen-bond donors (Lipinski definition) is 2. The van der Waals surface area contributed by atoms with Crippen LogP contribution in [-0.4, -0.2) is 21.7 Å². The fraction of sp³-hybridized carbons (Fsp3) is 0.308. The van der Waals surface area contributed by atoms with Crippen molar-refractivity contribution in [2.75, 3.05) is 11.9 Å². The minimum atomic E-state index is 0.389. The van der Waals surface area contributed by atoms with Crippen molar-refractivity contribution >= 4 is 22.9 Å². The van der Waals surface area contributed by atoms with Crippen molar-refractivity contribution in [2.45, 2.75) is 20.3 Å². The lowest BCUT2D eigenvalue weighted by molar-refractivity contribution is 0.377. The van der Waals surface area contributed by atoms with Gasteiger partial charge >= 0.3 is 0 Å². The Bertz CT molecular complexity index is 594. The zero-order chi connectivity index (χ0) is 13.8. The van der Waals surface area contributed by atoms with Gasteiger partial charge in [-0.25, -0.2) is 0 Å². The summed E-state index contributed by atoms with van der Waals surface area (Å²) in [4.78, 5) is 4.54. The molecule has 0 saturated carbocycles. The summed E-state index contributed by atoms with van der Waals surface area (Å²) >= 11 is 5.05. The van der Waals surface area contributed by atoms with Crippen molar-refractivity contribution < 1.29 is 4.52 Å². The number of nitrogens with two attached hydrogens (primary N) is 1. The molecule has 0 atom stereocenters. The van der Waals surface area contributed by atoms with Crippen molar-refractivity contribution in [3.05, 3.63) is 41.0 Å². The molecule has 0 spiro atoms. The van der Waals surface area contributed by atoms with Gasteiger partial charge < -0.3 is 15.6 Å². The first-order chi connectivity index (χ1) is 9.08. The maximum Gasteiger partial charge on any atom is 0.228 e. The van der Waals surface area contributed by atoms with Crippen LogP contribution in [0, 0.1) is 13.8 Å². The van der Waals surface area contributed by atoms with Gasteiger partial charge in [-0.05, 0) is 25.5 Å². The summed E-state index contributed by atoms with van der Waals surface area (Å²) in [7, 11) is 0. The summed E-state index contributed by atoms with van der Waals surface area (Å²) in [5.74, 6) is 1.27. The highest BCUT2D eigenvalue weighted by Crippen LogP contribution is 2.20. The number of benzene rings is 1. The fourth-order valence-electron chi connectivity index (χ4n) is 1.84. The van der Waals surface area contributed by atoms with Crippen LogP contribution < -0.4 is 11.1 Å². The topological polar surface area (TPSA) is 77.0 Å². The summed E-state index contributed by atoms with van der Waals surface area (Å²) in [6.07, 6.45) is 0.659. The van der Waals surface area contributed by atoms with E-state index in [9.17, 15) is 0 Å². The average molecular weight is 276 g/mol. The molecule has 0 fully saturated rings. The van der Waals surface area contributed by atoms with Gasteiger partial charge in [0.15, 0.2) is 5.82 Å². The van der Waals surface area contributed by atoms with E-state index in [0.29, 0.717) is 29.7 Å².